The summed E-state index contributed by atoms with van der Waals surface area (Å²) in [6.45, 7) is 0. The molecule has 25 heavy (non-hydrogen) atoms. The zero-order chi connectivity index (χ0) is 16.8. The Bertz CT molecular complexity index is 777. The van der Waals surface area contributed by atoms with Gasteiger partial charge in [-0.1, -0.05) is 73.3 Å². The summed E-state index contributed by atoms with van der Waals surface area (Å²) >= 11 is 6.09. The molecular weight excluding hydrogens is 328 g/mol. The summed E-state index contributed by atoms with van der Waals surface area (Å²) in [6.07, 6.45) is 7.13. The predicted molar refractivity (Wildman–Crippen MR) is 103 cm³/mol. The van der Waals surface area contributed by atoms with E-state index in [1.807, 2.05) is 12.1 Å². The topological polar surface area (TPSA) is 15.4 Å². The lowest BCUT2D eigenvalue weighted by atomic mass is 9.87. The molecular formula is C22H23ClN2. The van der Waals surface area contributed by atoms with Gasteiger partial charge in [0, 0.05) is 5.02 Å². The van der Waals surface area contributed by atoms with Crippen molar-refractivity contribution in [2.75, 3.05) is 0 Å². The largest absolute Gasteiger partial charge is 0.268 e. The molecule has 3 aliphatic rings. The Morgan fingerprint density at radius 3 is 2.28 bits per heavy atom. The fraction of sp³-hybridized carbons (Fsp3) is 0.409. The van der Waals surface area contributed by atoms with Gasteiger partial charge in [0.05, 0.1) is 17.8 Å². The standard InChI is InChI=1S/C22H23ClN2/c23-18-13-11-15(12-14-18)19-21-20(16-7-3-1-4-8-16)25(21)22(24-19)17-9-5-2-6-10-17/h1,3-4,7-8,11-14,17,20-22H,2,5-6,9-10H2/t20-,21-,22-,25?/m0/s1. The van der Waals surface area contributed by atoms with Crippen LogP contribution in [0.25, 0.3) is 0 Å². The Balaban J connectivity index is 1.50. The Morgan fingerprint density at radius 2 is 1.56 bits per heavy atom. The van der Waals surface area contributed by atoms with E-state index in [1.165, 1.54) is 48.9 Å². The van der Waals surface area contributed by atoms with Crippen LogP contribution in [0, 0.1) is 5.92 Å². The van der Waals surface area contributed by atoms with E-state index in [4.69, 9.17) is 16.6 Å². The highest BCUT2D eigenvalue weighted by Gasteiger charge is 2.60. The van der Waals surface area contributed by atoms with Crippen LogP contribution < -0.4 is 0 Å². The molecule has 5 rings (SSSR count). The van der Waals surface area contributed by atoms with Crippen LogP contribution in [0.5, 0.6) is 0 Å². The maximum atomic E-state index is 6.09. The van der Waals surface area contributed by atoms with Crippen LogP contribution in [0.2, 0.25) is 5.02 Å². The molecule has 3 heteroatoms. The third-order valence-corrected chi connectivity index (χ3v) is 6.31. The third-order valence-electron chi connectivity index (χ3n) is 6.06. The molecule has 1 saturated heterocycles. The van der Waals surface area contributed by atoms with E-state index in [0.717, 1.165) is 10.9 Å². The van der Waals surface area contributed by atoms with Gasteiger partial charge in [0.15, 0.2) is 0 Å². The van der Waals surface area contributed by atoms with E-state index in [1.54, 1.807) is 0 Å². The van der Waals surface area contributed by atoms with E-state index in [-0.39, 0.29) is 0 Å². The van der Waals surface area contributed by atoms with Crippen LogP contribution in [0.4, 0.5) is 0 Å². The molecule has 2 aromatic carbocycles. The van der Waals surface area contributed by atoms with Gasteiger partial charge < -0.3 is 0 Å². The van der Waals surface area contributed by atoms with Crippen molar-refractivity contribution in [1.82, 2.24) is 4.90 Å². The van der Waals surface area contributed by atoms with Crippen molar-refractivity contribution in [1.29, 1.82) is 0 Å². The first-order valence-electron chi connectivity index (χ1n) is 9.49. The zero-order valence-corrected chi connectivity index (χ0v) is 15.1. The van der Waals surface area contributed by atoms with E-state index in [0.29, 0.717) is 18.2 Å². The van der Waals surface area contributed by atoms with E-state index in [2.05, 4.69) is 47.4 Å². The van der Waals surface area contributed by atoms with Crippen molar-refractivity contribution in [2.24, 2.45) is 10.9 Å². The monoisotopic (exact) mass is 350 g/mol. The van der Waals surface area contributed by atoms with Crippen LogP contribution in [-0.2, 0) is 0 Å². The molecule has 2 aliphatic heterocycles. The SMILES string of the molecule is Clc1ccc(C2=N[C@H](C3CCCCC3)N3[C@@H]2[C@@H]3c2ccccc2)cc1. The number of nitrogens with zero attached hydrogens (tertiary/aromatic N) is 2. The van der Waals surface area contributed by atoms with Crippen LogP contribution in [-0.4, -0.2) is 22.8 Å². The molecule has 0 bridgehead atoms. The number of hydrogen-bond donors (Lipinski definition) is 0. The van der Waals surface area contributed by atoms with Crippen LogP contribution in [0.1, 0.15) is 49.3 Å². The minimum absolute atomic E-state index is 0.362. The second-order valence-electron chi connectivity index (χ2n) is 7.58. The highest BCUT2D eigenvalue weighted by molar-refractivity contribution is 6.30. The number of fused-ring (bicyclic) bond motifs is 1. The van der Waals surface area contributed by atoms with Gasteiger partial charge in [-0.15, -0.1) is 0 Å². The summed E-state index contributed by atoms with van der Waals surface area (Å²) in [7, 11) is 0. The summed E-state index contributed by atoms with van der Waals surface area (Å²) in [4.78, 5) is 7.87. The third kappa shape index (κ3) is 2.72. The highest BCUT2D eigenvalue weighted by atomic mass is 35.5. The van der Waals surface area contributed by atoms with Crippen molar-refractivity contribution in [3.8, 4) is 0 Å². The zero-order valence-electron chi connectivity index (χ0n) is 14.3. The van der Waals surface area contributed by atoms with Crippen LogP contribution in [0.3, 0.4) is 0 Å². The first kappa shape index (κ1) is 15.6. The lowest BCUT2D eigenvalue weighted by Gasteiger charge is -2.28. The summed E-state index contributed by atoms with van der Waals surface area (Å²) < 4.78 is 0. The molecule has 0 amide bonds. The summed E-state index contributed by atoms with van der Waals surface area (Å²) in [5.74, 6) is 0.717. The van der Waals surface area contributed by atoms with E-state index < -0.39 is 0 Å². The fourth-order valence-electron chi connectivity index (χ4n) is 4.80. The first-order valence-corrected chi connectivity index (χ1v) is 9.87. The van der Waals surface area contributed by atoms with Crippen molar-refractivity contribution in [3.63, 3.8) is 0 Å². The number of aliphatic imine (C=N–C) groups is 1. The number of hydrogen-bond acceptors (Lipinski definition) is 2. The molecule has 2 nitrogen and oxygen atoms in total. The van der Waals surface area contributed by atoms with Crippen molar-refractivity contribution in [3.05, 3.63) is 70.7 Å². The molecule has 1 saturated carbocycles. The number of halogens is 1. The molecule has 4 atom stereocenters. The van der Waals surface area contributed by atoms with E-state index in [9.17, 15) is 0 Å². The van der Waals surface area contributed by atoms with Gasteiger partial charge in [0.25, 0.3) is 0 Å². The Morgan fingerprint density at radius 1 is 0.840 bits per heavy atom. The normalized spacial score (nSPS) is 31.5. The van der Waals surface area contributed by atoms with Gasteiger partial charge in [-0.3, -0.25) is 9.89 Å². The Kier molecular flexibility index (Phi) is 3.91. The maximum Gasteiger partial charge on any atom is 0.106 e. The van der Waals surface area contributed by atoms with Gasteiger partial charge in [0.1, 0.15) is 6.17 Å². The predicted octanol–water partition coefficient (Wildman–Crippen LogP) is 5.47. The summed E-state index contributed by atoms with van der Waals surface area (Å²) in [5, 5.41) is 0.790. The maximum absolute atomic E-state index is 6.09. The average molecular weight is 351 g/mol. The summed E-state index contributed by atoms with van der Waals surface area (Å²) in [5.41, 5.74) is 3.92. The second-order valence-corrected chi connectivity index (χ2v) is 8.02. The smallest absolute Gasteiger partial charge is 0.106 e. The Labute approximate surface area is 154 Å². The number of benzene rings is 2. The van der Waals surface area contributed by atoms with Gasteiger partial charge >= 0.3 is 0 Å². The van der Waals surface area contributed by atoms with Crippen molar-refractivity contribution < 1.29 is 0 Å². The molecule has 2 fully saturated rings. The molecule has 1 aliphatic carbocycles. The quantitative estimate of drug-likeness (QED) is 0.669. The van der Waals surface area contributed by atoms with Gasteiger partial charge in [0.2, 0.25) is 0 Å². The molecule has 0 radical (unpaired) electrons. The fourth-order valence-corrected chi connectivity index (χ4v) is 4.93. The minimum atomic E-state index is 0.362. The molecule has 0 aromatic heterocycles. The number of rotatable bonds is 3. The van der Waals surface area contributed by atoms with Gasteiger partial charge in [-0.2, -0.15) is 0 Å². The highest BCUT2D eigenvalue weighted by Crippen LogP contribution is 2.53. The molecule has 2 aromatic rings. The molecule has 2 heterocycles. The van der Waals surface area contributed by atoms with Crippen molar-refractivity contribution >= 4 is 17.3 Å². The molecule has 0 N–H and O–H groups in total. The average Bonchev–Trinajstić information content (AvgIpc) is 3.28. The van der Waals surface area contributed by atoms with E-state index >= 15 is 0 Å². The molecule has 128 valence electrons. The summed E-state index contributed by atoms with van der Waals surface area (Å²) in [6, 6.07) is 20.1. The van der Waals surface area contributed by atoms with Crippen LogP contribution >= 0.6 is 11.6 Å². The van der Waals surface area contributed by atoms with Gasteiger partial charge in [-0.25, -0.2) is 0 Å². The first-order chi connectivity index (χ1) is 12.3. The Hall–Kier alpha value is -1.64. The van der Waals surface area contributed by atoms with Gasteiger partial charge in [-0.05, 0) is 42.0 Å². The second kappa shape index (κ2) is 6.26. The molecule has 1 unspecified atom stereocenters. The van der Waals surface area contributed by atoms with Crippen molar-refractivity contribution in [2.45, 2.75) is 50.4 Å². The lowest BCUT2D eigenvalue weighted by Crippen LogP contribution is -2.27. The minimum Gasteiger partial charge on any atom is -0.268 e. The lowest BCUT2D eigenvalue weighted by molar-refractivity contribution is 0.219. The molecule has 0 spiro atoms. The van der Waals surface area contributed by atoms with Crippen LogP contribution in [0.15, 0.2) is 59.6 Å².